The minimum atomic E-state index is -0.451. The van der Waals surface area contributed by atoms with Gasteiger partial charge in [-0.05, 0) is 50.1 Å². The summed E-state index contributed by atoms with van der Waals surface area (Å²) in [6.07, 6.45) is 5.50. The molecule has 9 heteroatoms. The van der Waals surface area contributed by atoms with E-state index in [9.17, 15) is 9.59 Å². The number of anilines is 1. The number of aromatic nitrogens is 4. The third kappa shape index (κ3) is 3.93. The van der Waals surface area contributed by atoms with Gasteiger partial charge in [0.25, 0.3) is 11.8 Å². The average Bonchev–Trinajstić information content (AvgIpc) is 3.50. The van der Waals surface area contributed by atoms with Gasteiger partial charge in [0, 0.05) is 41.8 Å². The number of fused-ring (bicyclic) bond motifs is 1. The van der Waals surface area contributed by atoms with Crippen molar-refractivity contribution in [2.75, 3.05) is 18.4 Å². The molecule has 33 heavy (non-hydrogen) atoms. The van der Waals surface area contributed by atoms with Gasteiger partial charge in [-0.25, -0.2) is 4.68 Å². The number of rotatable bonds is 4. The van der Waals surface area contributed by atoms with Crippen molar-refractivity contribution in [3.63, 3.8) is 0 Å². The van der Waals surface area contributed by atoms with Gasteiger partial charge in [-0.3, -0.25) is 14.6 Å². The molecular formula is C24H21ClN6O2. The Balaban J connectivity index is 1.43. The number of hydrogen-bond donors (Lipinski definition) is 1. The first-order valence-corrected chi connectivity index (χ1v) is 11.1. The zero-order chi connectivity index (χ0) is 22.9. The van der Waals surface area contributed by atoms with Crippen molar-refractivity contribution in [3.8, 4) is 5.69 Å². The van der Waals surface area contributed by atoms with Crippen molar-refractivity contribution >= 4 is 39.9 Å². The Kier molecular flexibility index (Phi) is 5.51. The Hall–Kier alpha value is -3.78. The lowest BCUT2D eigenvalue weighted by Gasteiger charge is -2.16. The molecule has 1 saturated heterocycles. The Bertz CT molecular complexity index is 1370. The molecule has 0 aliphatic carbocycles. The first kappa shape index (κ1) is 21.1. The Morgan fingerprint density at radius 1 is 1.09 bits per heavy atom. The summed E-state index contributed by atoms with van der Waals surface area (Å²) >= 11 is 6.31. The van der Waals surface area contributed by atoms with Crippen LogP contribution in [0.1, 0.15) is 39.4 Å². The number of likely N-dealkylation sites (tertiary alicyclic amines) is 1. The Morgan fingerprint density at radius 2 is 1.91 bits per heavy atom. The van der Waals surface area contributed by atoms with Crippen LogP contribution in [0, 0.1) is 6.92 Å². The van der Waals surface area contributed by atoms with E-state index in [1.54, 1.807) is 42.2 Å². The quantitative estimate of drug-likeness (QED) is 0.491. The summed E-state index contributed by atoms with van der Waals surface area (Å²) in [5.74, 6) is -0.513. The molecule has 1 N–H and O–H groups in total. The largest absolute Gasteiger partial charge is 0.339 e. The molecule has 1 fully saturated rings. The fourth-order valence-electron chi connectivity index (χ4n) is 4.10. The smallest absolute Gasteiger partial charge is 0.278 e. The number of hydrogen-bond acceptors (Lipinski definition) is 5. The highest BCUT2D eigenvalue weighted by atomic mass is 35.5. The number of halogens is 1. The second-order valence-corrected chi connectivity index (χ2v) is 8.36. The van der Waals surface area contributed by atoms with Gasteiger partial charge in [-0.1, -0.05) is 28.9 Å². The monoisotopic (exact) mass is 460 g/mol. The molecule has 0 unspecified atom stereocenters. The highest BCUT2D eigenvalue weighted by molar-refractivity contribution is 6.34. The summed E-state index contributed by atoms with van der Waals surface area (Å²) in [6.45, 7) is 3.27. The summed E-state index contributed by atoms with van der Waals surface area (Å²) in [5, 5.41) is 13.4. The van der Waals surface area contributed by atoms with Gasteiger partial charge < -0.3 is 10.2 Å². The SMILES string of the molecule is Cc1c(C(=O)Nc2cc(C(=O)N3CCCC3)ccc2Cl)nnn1-c1cccc2cnccc12. The molecule has 2 amide bonds. The van der Waals surface area contributed by atoms with E-state index in [4.69, 9.17) is 11.6 Å². The number of carbonyl (C=O) groups is 2. The van der Waals surface area contributed by atoms with Crippen molar-refractivity contribution in [2.45, 2.75) is 19.8 Å². The molecule has 0 radical (unpaired) electrons. The minimum absolute atomic E-state index is 0.0627. The van der Waals surface area contributed by atoms with Gasteiger partial charge in [-0.2, -0.15) is 0 Å². The van der Waals surface area contributed by atoms with Crippen LogP contribution >= 0.6 is 11.6 Å². The maximum atomic E-state index is 13.0. The van der Waals surface area contributed by atoms with Gasteiger partial charge in [0.05, 0.1) is 22.1 Å². The second-order valence-electron chi connectivity index (χ2n) is 7.96. The van der Waals surface area contributed by atoms with Crippen LogP contribution < -0.4 is 5.32 Å². The van der Waals surface area contributed by atoms with Crippen LogP contribution in [-0.4, -0.2) is 49.8 Å². The molecule has 1 aliphatic heterocycles. The van der Waals surface area contributed by atoms with E-state index in [2.05, 4.69) is 20.6 Å². The zero-order valence-corrected chi connectivity index (χ0v) is 18.7. The fourth-order valence-corrected chi connectivity index (χ4v) is 4.26. The molecule has 0 spiro atoms. The summed E-state index contributed by atoms with van der Waals surface area (Å²) in [7, 11) is 0. The van der Waals surface area contributed by atoms with Gasteiger partial charge >= 0.3 is 0 Å². The third-order valence-electron chi connectivity index (χ3n) is 5.85. The maximum absolute atomic E-state index is 13.0. The zero-order valence-electron chi connectivity index (χ0n) is 18.0. The first-order valence-electron chi connectivity index (χ1n) is 10.7. The molecular weight excluding hydrogens is 440 g/mol. The number of benzene rings is 2. The molecule has 0 saturated carbocycles. The van der Waals surface area contributed by atoms with E-state index in [1.807, 2.05) is 29.2 Å². The normalized spacial score (nSPS) is 13.5. The topological polar surface area (TPSA) is 93.0 Å². The predicted molar refractivity (Wildman–Crippen MR) is 126 cm³/mol. The van der Waals surface area contributed by atoms with Gasteiger partial charge in [-0.15, -0.1) is 5.10 Å². The van der Waals surface area contributed by atoms with Crippen molar-refractivity contribution < 1.29 is 9.59 Å². The molecule has 3 heterocycles. The first-order chi connectivity index (χ1) is 16.0. The molecule has 166 valence electrons. The molecule has 5 rings (SSSR count). The van der Waals surface area contributed by atoms with Crippen LogP contribution in [0.5, 0.6) is 0 Å². The molecule has 8 nitrogen and oxygen atoms in total. The van der Waals surface area contributed by atoms with Gasteiger partial charge in [0.2, 0.25) is 0 Å². The molecule has 4 aromatic rings. The number of amides is 2. The number of nitrogens with one attached hydrogen (secondary N) is 1. The average molecular weight is 461 g/mol. The lowest BCUT2D eigenvalue weighted by molar-refractivity contribution is 0.0792. The van der Waals surface area contributed by atoms with Crippen LogP contribution in [0.4, 0.5) is 5.69 Å². The predicted octanol–water partition coefficient (Wildman–Crippen LogP) is 4.27. The van der Waals surface area contributed by atoms with Crippen molar-refractivity contribution in [1.29, 1.82) is 0 Å². The summed E-state index contributed by atoms with van der Waals surface area (Å²) in [4.78, 5) is 31.7. The van der Waals surface area contributed by atoms with Gasteiger partial charge in [0.15, 0.2) is 5.69 Å². The lowest BCUT2D eigenvalue weighted by atomic mass is 10.1. The highest BCUT2D eigenvalue weighted by Crippen LogP contribution is 2.26. The maximum Gasteiger partial charge on any atom is 0.278 e. The molecule has 2 aromatic carbocycles. The number of nitrogens with zero attached hydrogens (tertiary/aromatic N) is 5. The summed E-state index contributed by atoms with van der Waals surface area (Å²) in [5.41, 5.74) is 2.40. The number of pyridine rings is 1. The van der Waals surface area contributed by atoms with Crippen LogP contribution in [0.2, 0.25) is 5.02 Å². The molecule has 0 bridgehead atoms. The standard InChI is InChI=1S/C24H21ClN6O2/c1-15-22(28-29-31(15)21-6-4-5-17-14-26-10-9-18(17)21)23(32)27-20-13-16(7-8-19(20)25)24(33)30-11-2-3-12-30/h4-10,13-14H,2-3,11-12H2,1H3,(H,27,32). The minimum Gasteiger partial charge on any atom is -0.339 e. The molecule has 1 aliphatic rings. The van der Waals surface area contributed by atoms with E-state index in [0.29, 0.717) is 22.0 Å². The van der Waals surface area contributed by atoms with E-state index in [1.165, 1.54) is 0 Å². The highest BCUT2D eigenvalue weighted by Gasteiger charge is 2.22. The van der Waals surface area contributed by atoms with Crippen molar-refractivity contribution in [1.82, 2.24) is 24.9 Å². The van der Waals surface area contributed by atoms with Crippen LogP contribution in [0.15, 0.2) is 54.9 Å². The van der Waals surface area contributed by atoms with E-state index < -0.39 is 5.91 Å². The molecule has 0 atom stereocenters. The Morgan fingerprint density at radius 3 is 2.73 bits per heavy atom. The van der Waals surface area contributed by atoms with E-state index in [0.717, 1.165) is 42.4 Å². The van der Waals surface area contributed by atoms with Gasteiger partial charge in [0.1, 0.15) is 0 Å². The Labute approximate surface area is 195 Å². The third-order valence-corrected chi connectivity index (χ3v) is 6.18. The van der Waals surface area contributed by atoms with Crippen molar-refractivity contribution in [2.24, 2.45) is 0 Å². The fraction of sp³-hybridized carbons (Fsp3) is 0.208. The van der Waals surface area contributed by atoms with E-state index in [-0.39, 0.29) is 11.6 Å². The van der Waals surface area contributed by atoms with Crippen LogP contribution in [0.3, 0.4) is 0 Å². The summed E-state index contributed by atoms with van der Waals surface area (Å²) < 4.78 is 1.63. The van der Waals surface area contributed by atoms with Crippen LogP contribution in [-0.2, 0) is 0 Å². The summed E-state index contributed by atoms with van der Waals surface area (Å²) in [6, 6.07) is 12.6. The second kappa shape index (κ2) is 8.63. The van der Waals surface area contributed by atoms with Crippen LogP contribution in [0.25, 0.3) is 16.5 Å². The van der Waals surface area contributed by atoms with Crippen molar-refractivity contribution in [3.05, 3.63) is 76.8 Å². The lowest BCUT2D eigenvalue weighted by Crippen LogP contribution is -2.27. The number of carbonyl (C=O) groups excluding carboxylic acids is 2. The molecule has 2 aromatic heterocycles. The van der Waals surface area contributed by atoms with E-state index >= 15 is 0 Å².